The summed E-state index contributed by atoms with van der Waals surface area (Å²) in [5, 5.41) is 3.04. The van der Waals surface area contributed by atoms with E-state index in [9.17, 15) is 4.39 Å². The van der Waals surface area contributed by atoms with E-state index in [0.29, 0.717) is 29.7 Å². The average Bonchev–Trinajstić information content (AvgIpc) is 3.14. The molecule has 0 amide bonds. The van der Waals surface area contributed by atoms with Crippen molar-refractivity contribution in [2.75, 3.05) is 44.0 Å². The van der Waals surface area contributed by atoms with Gasteiger partial charge in [0.05, 0.1) is 7.11 Å². The standard InChI is InChI=1S/C25H37FN6O2/c1-4-31-15-13-19(14-16-31)32(18-9-7-5-6-8-10-18)24-28-23(27-2)29-25(30-24)34-20-11-12-22(33-3)21(26)17-20/h11-12,17-19H,4-10,13-16H2,1-3H3,(H,27,28,29,30). The van der Waals surface area contributed by atoms with Gasteiger partial charge in [0.25, 0.3) is 0 Å². The van der Waals surface area contributed by atoms with E-state index in [0.717, 1.165) is 45.3 Å². The second-order valence-electron chi connectivity index (χ2n) is 9.11. The van der Waals surface area contributed by atoms with Crippen LogP contribution in [0.1, 0.15) is 58.3 Å². The Morgan fingerprint density at radius 1 is 1.03 bits per heavy atom. The topological polar surface area (TPSA) is 75.6 Å². The van der Waals surface area contributed by atoms with Crippen LogP contribution in [-0.4, -0.2) is 65.7 Å². The van der Waals surface area contributed by atoms with Crippen molar-refractivity contribution < 1.29 is 13.9 Å². The molecule has 0 spiro atoms. The van der Waals surface area contributed by atoms with Gasteiger partial charge >= 0.3 is 6.01 Å². The molecule has 4 rings (SSSR count). The molecule has 0 unspecified atom stereocenters. The first kappa shape index (κ1) is 24.4. The Hall–Kier alpha value is -2.68. The SMILES string of the molecule is CCN1CCC(N(c2nc(NC)nc(Oc3ccc(OC)c(F)c3)n2)C2CCCCCC2)CC1. The summed E-state index contributed by atoms with van der Waals surface area (Å²) in [4.78, 5) is 18.8. The molecule has 9 heteroatoms. The number of likely N-dealkylation sites (tertiary alicyclic amines) is 1. The van der Waals surface area contributed by atoms with Crippen molar-refractivity contribution in [2.45, 2.75) is 70.4 Å². The highest BCUT2D eigenvalue weighted by molar-refractivity contribution is 5.42. The van der Waals surface area contributed by atoms with Gasteiger partial charge in [0.2, 0.25) is 11.9 Å². The summed E-state index contributed by atoms with van der Waals surface area (Å²) in [6.45, 7) is 5.48. The third kappa shape index (κ3) is 5.87. The summed E-state index contributed by atoms with van der Waals surface area (Å²) in [6.07, 6.45) is 9.50. The van der Waals surface area contributed by atoms with E-state index >= 15 is 0 Å². The Labute approximate surface area is 201 Å². The van der Waals surface area contributed by atoms with E-state index < -0.39 is 5.82 Å². The Morgan fingerprint density at radius 2 is 1.74 bits per heavy atom. The lowest BCUT2D eigenvalue weighted by Crippen LogP contribution is -2.50. The third-order valence-corrected chi connectivity index (χ3v) is 7.01. The Bertz CT molecular complexity index is 930. The number of aromatic nitrogens is 3. The van der Waals surface area contributed by atoms with Crippen LogP contribution in [0.15, 0.2) is 18.2 Å². The summed E-state index contributed by atoms with van der Waals surface area (Å²) in [7, 11) is 3.22. The molecule has 0 bridgehead atoms. The Balaban J connectivity index is 1.65. The zero-order valence-electron chi connectivity index (χ0n) is 20.6. The van der Waals surface area contributed by atoms with Gasteiger partial charge in [-0.15, -0.1) is 0 Å². The number of hydrogen-bond donors (Lipinski definition) is 1. The molecule has 0 radical (unpaired) electrons. The summed E-state index contributed by atoms with van der Waals surface area (Å²) >= 11 is 0. The van der Waals surface area contributed by atoms with Crippen molar-refractivity contribution in [3.05, 3.63) is 24.0 Å². The number of anilines is 2. The largest absolute Gasteiger partial charge is 0.494 e. The average molecular weight is 473 g/mol. The highest BCUT2D eigenvalue weighted by Gasteiger charge is 2.32. The quantitative estimate of drug-likeness (QED) is 0.546. The number of ether oxygens (including phenoxy) is 2. The van der Waals surface area contributed by atoms with E-state index in [4.69, 9.17) is 19.4 Å². The minimum absolute atomic E-state index is 0.156. The van der Waals surface area contributed by atoms with Gasteiger partial charge in [-0.1, -0.05) is 32.6 Å². The smallest absolute Gasteiger partial charge is 0.328 e. The number of halogens is 1. The summed E-state index contributed by atoms with van der Waals surface area (Å²) in [5.74, 6) is 1.07. The highest BCUT2D eigenvalue weighted by atomic mass is 19.1. The molecule has 1 saturated heterocycles. The van der Waals surface area contributed by atoms with Crippen molar-refractivity contribution in [2.24, 2.45) is 0 Å². The van der Waals surface area contributed by atoms with E-state index in [1.165, 1.54) is 44.9 Å². The second kappa shape index (κ2) is 11.6. The number of rotatable bonds is 8. The molecule has 2 aromatic rings. The predicted octanol–water partition coefficient (Wildman–Crippen LogP) is 4.87. The fraction of sp³-hybridized carbons (Fsp3) is 0.640. The first-order valence-corrected chi connectivity index (χ1v) is 12.6. The van der Waals surface area contributed by atoms with Gasteiger partial charge in [0.15, 0.2) is 11.6 Å². The molecule has 1 N–H and O–H groups in total. The minimum Gasteiger partial charge on any atom is -0.494 e. The molecule has 2 heterocycles. The van der Waals surface area contributed by atoms with Crippen molar-refractivity contribution in [3.63, 3.8) is 0 Å². The normalized spacial score (nSPS) is 18.4. The molecular weight excluding hydrogens is 435 g/mol. The van der Waals surface area contributed by atoms with Crippen LogP contribution in [0.3, 0.4) is 0 Å². The number of nitrogens with one attached hydrogen (secondary N) is 1. The van der Waals surface area contributed by atoms with Crippen molar-refractivity contribution in [1.29, 1.82) is 0 Å². The van der Waals surface area contributed by atoms with Crippen molar-refractivity contribution >= 4 is 11.9 Å². The van der Waals surface area contributed by atoms with Crippen LogP contribution in [0, 0.1) is 5.82 Å². The molecule has 1 aromatic heterocycles. The molecule has 34 heavy (non-hydrogen) atoms. The lowest BCUT2D eigenvalue weighted by Gasteiger charge is -2.42. The molecule has 1 saturated carbocycles. The van der Waals surface area contributed by atoms with Gasteiger partial charge in [-0.05, 0) is 44.4 Å². The number of benzene rings is 1. The van der Waals surface area contributed by atoms with Crippen molar-refractivity contribution in [1.82, 2.24) is 19.9 Å². The lowest BCUT2D eigenvalue weighted by molar-refractivity contribution is 0.211. The fourth-order valence-electron chi connectivity index (χ4n) is 5.11. The van der Waals surface area contributed by atoms with Gasteiger partial charge in [-0.3, -0.25) is 0 Å². The van der Waals surface area contributed by atoms with Gasteiger partial charge in [0, 0.05) is 38.3 Å². The number of hydrogen-bond acceptors (Lipinski definition) is 8. The minimum atomic E-state index is -0.495. The fourth-order valence-corrected chi connectivity index (χ4v) is 5.11. The molecule has 8 nitrogen and oxygen atoms in total. The van der Waals surface area contributed by atoms with Gasteiger partial charge < -0.3 is 24.6 Å². The first-order chi connectivity index (χ1) is 16.6. The maximum Gasteiger partial charge on any atom is 0.328 e. The maximum atomic E-state index is 14.2. The number of methoxy groups -OCH3 is 1. The summed E-state index contributed by atoms with van der Waals surface area (Å²) < 4.78 is 25.1. The van der Waals surface area contributed by atoms with Crippen LogP contribution in [0.25, 0.3) is 0 Å². The summed E-state index contributed by atoms with van der Waals surface area (Å²) in [5.41, 5.74) is 0. The molecular formula is C25H37FN6O2. The van der Waals surface area contributed by atoms with E-state index in [1.54, 1.807) is 13.1 Å². The summed E-state index contributed by atoms with van der Waals surface area (Å²) in [6, 6.07) is 5.40. The Kier molecular flexibility index (Phi) is 8.37. The zero-order chi connectivity index (χ0) is 23.9. The van der Waals surface area contributed by atoms with Gasteiger partial charge in [0.1, 0.15) is 5.75 Å². The molecule has 0 atom stereocenters. The van der Waals surface area contributed by atoms with Crippen LogP contribution in [0.5, 0.6) is 17.5 Å². The monoisotopic (exact) mass is 472 g/mol. The zero-order valence-corrected chi connectivity index (χ0v) is 20.6. The maximum absolute atomic E-state index is 14.2. The molecule has 1 aliphatic heterocycles. The first-order valence-electron chi connectivity index (χ1n) is 12.6. The van der Waals surface area contributed by atoms with Gasteiger partial charge in [-0.25, -0.2) is 4.39 Å². The lowest BCUT2D eigenvalue weighted by atomic mass is 9.98. The van der Waals surface area contributed by atoms with Crippen molar-refractivity contribution in [3.8, 4) is 17.5 Å². The number of nitrogens with zero attached hydrogens (tertiary/aromatic N) is 5. The third-order valence-electron chi connectivity index (χ3n) is 7.01. The van der Waals surface area contributed by atoms with E-state index in [1.807, 2.05) is 0 Å². The number of piperidine rings is 1. The van der Waals surface area contributed by atoms with Crippen LogP contribution in [-0.2, 0) is 0 Å². The van der Waals surface area contributed by atoms with Crippen LogP contribution < -0.4 is 19.7 Å². The molecule has 1 aliphatic carbocycles. The molecule has 186 valence electrons. The highest BCUT2D eigenvalue weighted by Crippen LogP contribution is 2.32. The molecule has 2 fully saturated rings. The predicted molar refractivity (Wildman–Crippen MR) is 132 cm³/mol. The second-order valence-corrected chi connectivity index (χ2v) is 9.11. The Morgan fingerprint density at radius 3 is 2.35 bits per heavy atom. The van der Waals surface area contributed by atoms with Crippen LogP contribution >= 0.6 is 0 Å². The van der Waals surface area contributed by atoms with Crippen LogP contribution in [0.2, 0.25) is 0 Å². The van der Waals surface area contributed by atoms with E-state index in [-0.39, 0.29) is 11.8 Å². The molecule has 1 aromatic carbocycles. The van der Waals surface area contributed by atoms with E-state index in [2.05, 4.69) is 27.0 Å². The molecule has 2 aliphatic rings. The van der Waals surface area contributed by atoms with Crippen LogP contribution in [0.4, 0.5) is 16.3 Å². The van der Waals surface area contributed by atoms with Gasteiger partial charge in [-0.2, -0.15) is 15.0 Å².